The molecule has 2 aromatic carbocycles. The SMILES string of the molecule is N#CCc1nc2ccc(I)cc2c(=O)n1Cc1ccccc1. The summed E-state index contributed by atoms with van der Waals surface area (Å²) in [5.74, 6) is 0.505. The van der Waals surface area contributed by atoms with E-state index in [1.165, 1.54) is 0 Å². The van der Waals surface area contributed by atoms with Crippen LogP contribution in [-0.2, 0) is 13.0 Å². The molecule has 0 fully saturated rings. The predicted molar refractivity (Wildman–Crippen MR) is 93.6 cm³/mol. The van der Waals surface area contributed by atoms with Crippen molar-refractivity contribution in [2.24, 2.45) is 0 Å². The number of halogens is 1. The van der Waals surface area contributed by atoms with Crippen LogP contribution in [0.5, 0.6) is 0 Å². The third-order valence-electron chi connectivity index (χ3n) is 3.42. The molecule has 3 rings (SSSR count). The van der Waals surface area contributed by atoms with Gasteiger partial charge in [-0.25, -0.2) is 4.98 Å². The van der Waals surface area contributed by atoms with Gasteiger partial charge in [0.15, 0.2) is 0 Å². The van der Waals surface area contributed by atoms with Crippen molar-refractivity contribution in [1.82, 2.24) is 9.55 Å². The van der Waals surface area contributed by atoms with Crippen LogP contribution in [0.15, 0.2) is 53.3 Å². The molecule has 0 bridgehead atoms. The molecule has 0 atom stereocenters. The van der Waals surface area contributed by atoms with E-state index < -0.39 is 0 Å². The number of fused-ring (bicyclic) bond motifs is 1. The van der Waals surface area contributed by atoms with Crippen LogP contribution < -0.4 is 5.56 Å². The van der Waals surface area contributed by atoms with Gasteiger partial charge in [0.2, 0.25) is 0 Å². The Morgan fingerprint density at radius 1 is 1.18 bits per heavy atom. The molecule has 5 heteroatoms. The molecule has 4 nitrogen and oxygen atoms in total. The maximum Gasteiger partial charge on any atom is 0.261 e. The molecule has 1 aromatic heterocycles. The summed E-state index contributed by atoms with van der Waals surface area (Å²) in [6.07, 6.45) is 0.115. The van der Waals surface area contributed by atoms with Crippen molar-refractivity contribution in [3.05, 3.63) is 73.8 Å². The average molecular weight is 401 g/mol. The molecule has 0 saturated carbocycles. The molecule has 0 saturated heterocycles. The van der Waals surface area contributed by atoms with E-state index in [4.69, 9.17) is 5.26 Å². The van der Waals surface area contributed by atoms with Crippen LogP contribution in [0.25, 0.3) is 10.9 Å². The number of nitriles is 1. The zero-order chi connectivity index (χ0) is 15.5. The number of aromatic nitrogens is 2. The molecule has 0 amide bonds. The third-order valence-corrected chi connectivity index (χ3v) is 4.09. The van der Waals surface area contributed by atoms with Crippen molar-refractivity contribution in [1.29, 1.82) is 5.26 Å². The van der Waals surface area contributed by atoms with Gasteiger partial charge >= 0.3 is 0 Å². The first-order chi connectivity index (χ1) is 10.7. The van der Waals surface area contributed by atoms with Gasteiger partial charge in [0.1, 0.15) is 5.82 Å². The molecular formula is C17H12IN3O. The summed E-state index contributed by atoms with van der Waals surface area (Å²) in [7, 11) is 0. The van der Waals surface area contributed by atoms with Crippen LogP contribution in [0.3, 0.4) is 0 Å². The zero-order valence-corrected chi connectivity index (χ0v) is 13.8. The van der Waals surface area contributed by atoms with Crippen molar-refractivity contribution in [3.8, 4) is 6.07 Å². The van der Waals surface area contributed by atoms with E-state index in [1.54, 1.807) is 4.57 Å². The van der Waals surface area contributed by atoms with Gasteiger partial charge in [-0.1, -0.05) is 30.3 Å². The Kier molecular flexibility index (Phi) is 4.20. The van der Waals surface area contributed by atoms with Crippen molar-refractivity contribution >= 4 is 33.5 Å². The number of benzene rings is 2. The molecule has 0 spiro atoms. The van der Waals surface area contributed by atoms with Gasteiger partial charge in [0.25, 0.3) is 5.56 Å². The lowest BCUT2D eigenvalue weighted by Crippen LogP contribution is -2.26. The second kappa shape index (κ2) is 6.28. The van der Waals surface area contributed by atoms with E-state index in [-0.39, 0.29) is 12.0 Å². The van der Waals surface area contributed by atoms with Gasteiger partial charge in [-0.3, -0.25) is 9.36 Å². The predicted octanol–water partition coefficient (Wildman–Crippen LogP) is 3.12. The van der Waals surface area contributed by atoms with Crippen molar-refractivity contribution in [2.75, 3.05) is 0 Å². The van der Waals surface area contributed by atoms with Crippen molar-refractivity contribution < 1.29 is 0 Å². The van der Waals surface area contributed by atoms with Crippen LogP contribution in [0.4, 0.5) is 0 Å². The number of hydrogen-bond donors (Lipinski definition) is 0. The highest BCUT2D eigenvalue weighted by Gasteiger charge is 2.11. The Morgan fingerprint density at radius 3 is 2.68 bits per heavy atom. The maximum atomic E-state index is 12.8. The summed E-state index contributed by atoms with van der Waals surface area (Å²) < 4.78 is 2.58. The molecule has 0 aliphatic heterocycles. The summed E-state index contributed by atoms with van der Waals surface area (Å²) in [6, 6.07) is 17.4. The van der Waals surface area contributed by atoms with Gasteiger partial charge in [-0.2, -0.15) is 5.26 Å². The highest BCUT2D eigenvalue weighted by Crippen LogP contribution is 2.14. The monoisotopic (exact) mass is 401 g/mol. The van der Waals surface area contributed by atoms with Gasteiger partial charge < -0.3 is 0 Å². The van der Waals surface area contributed by atoms with Crippen LogP contribution >= 0.6 is 22.6 Å². The Morgan fingerprint density at radius 2 is 1.95 bits per heavy atom. The average Bonchev–Trinajstić information content (AvgIpc) is 2.53. The zero-order valence-electron chi connectivity index (χ0n) is 11.7. The molecule has 108 valence electrons. The summed E-state index contributed by atoms with van der Waals surface area (Å²) in [5.41, 5.74) is 1.55. The lowest BCUT2D eigenvalue weighted by atomic mass is 10.2. The molecule has 0 unspecified atom stereocenters. The van der Waals surface area contributed by atoms with Crippen molar-refractivity contribution in [2.45, 2.75) is 13.0 Å². The largest absolute Gasteiger partial charge is 0.291 e. The molecule has 1 heterocycles. The summed E-state index contributed by atoms with van der Waals surface area (Å²) in [4.78, 5) is 17.3. The van der Waals surface area contributed by atoms with E-state index in [1.807, 2.05) is 48.5 Å². The Balaban J connectivity index is 2.22. The summed E-state index contributed by atoms with van der Waals surface area (Å²) in [5, 5.41) is 9.60. The summed E-state index contributed by atoms with van der Waals surface area (Å²) in [6.45, 7) is 0.422. The smallest absolute Gasteiger partial charge is 0.261 e. The fourth-order valence-corrected chi connectivity index (χ4v) is 2.86. The van der Waals surface area contributed by atoms with Crippen LogP contribution in [0, 0.1) is 14.9 Å². The number of rotatable bonds is 3. The molecule has 0 aliphatic carbocycles. The topological polar surface area (TPSA) is 58.7 Å². The molecule has 22 heavy (non-hydrogen) atoms. The molecular weight excluding hydrogens is 389 g/mol. The molecule has 0 aliphatic rings. The van der Waals surface area contributed by atoms with E-state index in [9.17, 15) is 4.79 Å². The first-order valence-corrected chi connectivity index (χ1v) is 7.87. The van der Waals surface area contributed by atoms with E-state index in [2.05, 4.69) is 33.6 Å². The van der Waals surface area contributed by atoms with Gasteiger partial charge in [-0.15, -0.1) is 0 Å². The lowest BCUT2D eigenvalue weighted by molar-refractivity contribution is 0.699. The molecule has 3 aromatic rings. The minimum absolute atomic E-state index is 0.0994. The minimum atomic E-state index is -0.0994. The highest BCUT2D eigenvalue weighted by molar-refractivity contribution is 14.1. The lowest BCUT2D eigenvalue weighted by Gasteiger charge is -2.12. The van der Waals surface area contributed by atoms with Crippen LogP contribution in [-0.4, -0.2) is 9.55 Å². The molecule has 0 radical (unpaired) electrons. The van der Waals surface area contributed by atoms with Crippen LogP contribution in [0.1, 0.15) is 11.4 Å². The first-order valence-electron chi connectivity index (χ1n) is 6.79. The molecule has 0 N–H and O–H groups in total. The highest BCUT2D eigenvalue weighted by atomic mass is 127. The number of nitrogens with zero attached hydrogens (tertiary/aromatic N) is 3. The van der Waals surface area contributed by atoms with Gasteiger partial charge in [-0.05, 0) is 46.4 Å². The fourth-order valence-electron chi connectivity index (χ4n) is 2.37. The normalized spacial score (nSPS) is 10.5. The van der Waals surface area contributed by atoms with Gasteiger partial charge in [0.05, 0.1) is 29.9 Å². The van der Waals surface area contributed by atoms with E-state index >= 15 is 0 Å². The fraction of sp³-hybridized carbons (Fsp3) is 0.118. The second-order valence-electron chi connectivity index (χ2n) is 4.90. The first kappa shape index (κ1) is 14.7. The quantitative estimate of drug-likeness (QED) is 0.634. The Labute approximate surface area is 141 Å². The standard InChI is InChI=1S/C17H12IN3O/c18-13-6-7-15-14(10-13)17(22)21(16(20-15)8-9-19)11-12-4-2-1-3-5-12/h1-7,10H,8,11H2. The Hall–Kier alpha value is -2.20. The van der Waals surface area contributed by atoms with E-state index in [0.717, 1.165) is 9.13 Å². The third kappa shape index (κ3) is 2.88. The maximum absolute atomic E-state index is 12.8. The van der Waals surface area contributed by atoms with Crippen LogP contribution in [0.2, 0.25) is 0 Å². The number of hydrogen-bond acceptors (Lipinski definition) is 3. The van der Waals surface area contributed by atoms with E-state index in [0.29, 0.717) is 23.3 Å². The van der Waals surface area contributed by atoms with Crippen molar-refractivity contribution in [3.63, 3.8) is 0 Å². The second-order valence-corrected chi connectivity index (χ2v) is 6.15. The van der Waals surface area contributed by atoms with Gasteiger partial charge in [0, 0.05) is 3.57 Å². The minimum Gasteiger partial charge on any atom is -0.291 e. The summed E-state index contributed by atoms with van der Waals surface area (Å²) >= 11 is 2.18. The Bertz CT molecular complexity index is 926.